The maximum Gasteiger partial charge on any atom is 0.0867 e. The van der Waals surface area contributed by atoms with Crippen LogP contribution in [0.2, 0.25) is 0 Å². The first-order valence-electron chi connectivity index (χ1n) is 6.28. The molecule has 2 aromatic rings. The van der Waals surface area contributed by atoms with Crippen molar-refractivity contribution in [3.8, 4) is 0 Å². The number of benzene rings is 2. The Labute approximate surface area is 118 Å². The standard InChI is InChI=1S/C16H18O2S/c1-2-9-18-11-15(17)12-19-16-8-7-13-5-3-4-6-14(13)10-16/h2-8,10,15,17H,1,9,11-12H2. The Balaban J connectivity index is 1.88. The molecule has 0 aliphatic heterocycles. The first-order chi connectivity index (χ1) is 9.29. The summed E-state index contributed by atoms with van der Waals surface area (Å²) >= 11 is 1.65. The van der Waals surface area contributed by atoms with Crippen LogP contribution in [0.25, 0.3) is 10.8 Å². The van der Waals surface area contributed by atoms with Gasteiger partial charge in [0.1, 0.15) is 0 Å². The highest BCUT2D eigenvalue weighted by atomic mass is 32.2. The predicted molar refractivity (Wildman–Crippen MR) is 81.7 cm³/mol. The van der Waals surface area contributed by atoms with Crippen LogP contribution in [-0.2, 0) is 4.74 Å². The minimum atomic E-state index is -0.448. The number of ether oxygens (including phenoxy) is 1. The van der Waals surface area contributed by atoms with Crippen LogP contribution in [0, 0.1) is 0 Å². The summed E-state index contributed by atoms with van der Waals surface area (Å²) in [5.41, 5.74) is 0. The molecule has 0 radical (unpaired) electrons. The zero-order valence-electron chi connectivity index (χ0n) is 10.8. The largest absolute Gasteiger partial charge is 0.390 e. The van der Waals surface area contributed by atoms with Gasteiger partial charge in [-0.15, -0.1) is 18.3 Å². The van der Waals surface area contributed by atoms with Crippen LogP contribution in [0.1, 0.15) is 0 Å². The fourth-order valence-electron chi connectivity index (χ4n) is 1.79. The van der Waals surface area contributed by atoms with Gasteiger partial charge in [0.05, 0.1) is 19.3 Å². The van der Waals surface area contributed by atoms with Gasteiger partial charge in [-0.3, -0.25) is 0 Å². The summed E-state index contributed by atoms with van der Waals surface area (Å²) in [4.78, 5) is 1.17. The molecule has 0 spiro atoms. The molecule has 100 valence electrons. The molecule has 1 unspecified atom stereocenters. The van der Waals surface area contributed by atoms with Crippen molar-refractivity contribution >= 4 is 22.5 Å². The van der Waals surface area contributed by atoms with Crippen molar-refractivity contribution in [3.05, 3.63) is 55.1 Å². The fourth-order valence-corrected chi connectivity index (χ4v) is 2.64. The Kier molecular flexibility index (Phi) is 5.45. The predicted octanol–water partition coefficient (Wildman–Crippen LogP) is 3.50. The van der Waals surface area contributed by atoms with E-state index >= 15 is 0 Å². The Bertz CT molecular complexity index is 539. The minimum absolute atomic E-state index is 0.354. The number of hydrogen-bond acceptors (Lipinski definition) is 3. The Hall–Kier alpha value is -1.29. The third kappa shape index (κ3) is 4.39. The lowest BCUT2D eigenvalue weighted by Crippen LogP contribution is -2.17. The molecule has 0 fully saturated rings. The lowest BCUT2D eigenvalue weighted by molar-refractivity contribution is 0.0625. The van der Waals surface area contributed by atoms with Crippen molar-refractivity contribution in [3.63, 3.8) is 0 Å². The number of rotatable bonds is 7. The third-order valence-corrected chi connectivity index (χ3v) is 3.85. The zero-order chi connectivity index (χ0) is 13.5. The number of fused-ring (bicyclic) bond motifs is 1. The second-order valence-electron chi connectivity index (χ2n) is 4.30. The van der Waals surface area contributed by atoms with E-state index in [4.69, 9.17) is 4.74 Å². The normalized spacial score (nSPS) is 12.5. The van der Waals surface area contributed by atoms with Crippen LogP contribution < -0.4 is 0 Å². The molecule has 0 aliphatic rings. The Morgan fingerprint density at radius 3 is 2.79 bits per heavy atom. The molecule has 1 atom stereocenters. The van der Waals surface area contributed by atoms with Crippen LogP contribution >= 0.6 is 11.8 Å². The SMILES string of the molecule is C=CCOCC(O)CSc1ccc2ccccc2c1. The van der Waals surface area contributed by atoms with Crippen molar-refractivity contribution in [2.45, 2.75) is 11.0 Å². The topological polar surface area (TPSA) is 29.5 Å². The Morgan fingerprint density at radius 1 is 1.21 bits per heavy atom. The molecular formula is C16H18O2S. The molecule has 3 heteroatoms. The lowest BCUT2D eigenvalue weighted by Gasteiger charge is -2.10. The average molecular weight is 274 g/mol. The van der Waals surface area contributed by atoms with Gasteiger partial charge in [0.25, 0.3) is 0 Å². The van der Waals surface area contributed by atoms with Crippen molar-refractivity contribution in [1.82, 2.24) is 0 Å². The molecule has 0 saturated carbocycles. The second-order valence-corrected chi connectivity index (χ2v) is 5.39. The van der Waals surface area contributed by atoms with E-state index in [-0.39, 0.29) is 0 Å². The van der Waals surface area contributed by atoms with E-state index in [0.29, 0.717) is 19.0 Å². The fraction of sp³-hybridized carbons (Fsp3) is 0.250. The van der Waals surface area contributed by atoms with E-state index in [1.54, 1.807) is 17.8 Å². The van der Waals surface area contributed by atoms with E-state index in [1.165, 1.54) is 15.7 Å². The first-order valence-corrected chi connectivity index (χ1v) is 7.26. The summed E-state index contributed by atoms with van der Waals surface area (Å²) in [5.74, 6) is 0.634. The van der Waals surface area contributed by atoms with E-state index < -0.39 is 6.10 Å². The number of aliphatic hydroxyl groups is 1. The highest BCUT2D eigenvalue weighted by Gasteiger charge is 2.05. The summed E-state index contributed by atoms with van der Waals surface area (Å²) in [6, 6.07) is 14.6. The van der Waals surface area contributed by atoms with Gasteiger partial charge in [-0.05, 0) is 22.9 Å². The zero-order valence-corrected chi connectivity index (χ0v) is 11.6. The van der Waals surface area contributed by atoms with Crippen LogP contribution in [0.4, 0.5) is 0 Å². The Morgan fingerprint density at radius 2 is 2.00 bits per heavy atom. The maximum absolute atomic E-state index is 9.77. The van der Waals surface area contributed by atoms with Crippen molar-refractivity contribution < 1.29 is 9.84 Å². The second kappa shape index (κ2) is 7.34. The lowest BCUT2D eigenvalue weighted by atomic mass is 10.1. The summed E-state index contributed by atoms with van der Waals surface area (Å²) in [5, 5.41) is 12.2. The van der Waals surface area contributed by atoms with Gasteiger partial charge in [-0.25, -0.2) is 0 Å². The van der Waals surface area contributed by atoms with Crippen molar-refractivity contribution in [1.29, 1.82) is 0 Å². The highest BCUT2D eigenvalue weighted by Crippen LogP contribution is 2.24. The molecule has 2 aromatic carbocycles. The molecule has 0 aliphatic carbocycles. The molecular weight excluding hydrogens is 256 g/mol. The van der Waals surface area contributed by atoms with Crippen LogP contribution in [0.5, 0.6) is 0 Å². The number of hydrogen-bond donors (Lipinski definition) is 1. The number of thioether (sulfide) groups is 1. The summed E-state index contributed by atoms with van der Waals surface area (Å²) in [6.07, 6.45) is 1.24. The smallest absolute Gasteiger partial charge is 0.0867 e. The molecule has 0 bridgehead atoms. The summed E-state index contributed by atoms with van der Waals surface area (Å²) < 4.78 is 5.22. The van der Waals surface area contributed by atoms with E-state index in [1.807, 2.05) is 12.1 Å². The quantitative estimate of drug-likeness (QED) is 0.476. The molecule has 1 N–H and O–H groups in total. The molecule has 0 aromatic heterocycles. The van der Waals surface area contributed by atoms with Crippen molar-refractivity contribution in [2.75, 3.05) is 19.0 Å². The molecule has 0 heterocycles. The van der Waals surface area contributed by atoms with E-state index in [9.17, 15) is 5.11 Å². The van der Waals surface area contributed by atoms with Gasteiger partial charge in [0, 0.05) is 10.6 Å². The average Bonchev–Trinajstić information content (AvgIpc) is 2.45. The van der Waals surface area contributed by atoms with Crippen LogP contribution in [0.15, 0.2) is 60.0 Å². The number of aliphatic hydroxyl groups excluding tert-OH is 1. The van der Waals surface area contributed by atoms with Gasteiger partial charge in [0.15, 0.2) is 0 Å². The van der Waals surface area contributed by atoms with E-state index in [0.717, 1.165) is 0 Å². The molecule has 2 rings (SSSR count). The molecule has 0 saturated heterocycles. The minimum Gasteiger partial charge on any atom is -0.390 e. The molecule has 19 heavy (non-hydrogen) atoms. The highest BCUT2D eigenvalue weighted by molar-refractivity contribution is 7.99. The van der Waals surface area contributed by atoms with Gasteiger partial charge in [-0.1, -0.05) is 36.4 Å². The van der Waals surface area contributed by atoms with Gasteiger partial charge in [-0.2, -0.15) is 0 Å². The van der Waals surface area contributed by atoms with Gasteiger partial charge in [0.2, 0.25) is 0 Å². The van der Waals surface area contributed by atoms with E-state index in [2.05, 4.69) is 36.9 Å². The van der Waals surface area contributed by atoms with Gasteiger partial charge < -0.3 is 9.84 Å². The van der Waals surface area contributed by atoms with Crippen LogP contribution in [0.3, 0.4) is 0 Å². The van der Waals surface area contributed by atoms with Crippen LogP contribution in [-0.4, -0.2) is 30.2 Å². The first kappa shape index (κ1) is 14.1. The molecule has 0 amide bonds. The third-order valence-electron chi connectivity index (χ3n) is 2.71. The van der Waals surface area contributed by atoms with Gasteiger partial charge >= 0.3 is 0 Å². The summed E-state index contributed by atoms with van der Waals surface area (Å²) in [7, 11) is 0. The summed E-state index contributed by atoms with van der Waals surface area (Å²) in [6.45, 7) is 4.41. The molecule has 2 nitrogen and oxygen atoms in total. The monoisotopic (exact) mass is 274 g/mol. The van der Waals surface area contributed by atoms with Crippen molar-refractivity contribution in [2.24, 2.45) is 0 Å². The maximum atomic E-state index is 9.77.